The molecular weight excluding hydrogens is 348 g/mol. The summed E-state index contributed by atoms with van der Waals surface area (Å²) in [4.78, 5) is 24.6. The van der Waals surface area contributed by atoms with E-state index in [9.17, 15) is 4.79 Å². The summed E-state index contributed by atoms with van der Waals surface area (Å²) >= 11 is 3.25. The smallest absolute Gasteiger partial charge is 0.410 e. The average Bonchev–Trinajstić information content (AvgIpc) is 2.95. The minimum absolute atomic E-state index is 0.194. The summed E-state index contributed by atoms with van der Waals surface area (Å²) in [6.45, 7) is 9.12. The zero-order valence-electron chi connectivity index (χ0n) is 13.1. The molecule has 0 radical (unpaired) electrons. The second kappa shape index (κ2) is 5.68. The summed E-state index contributed by atoms with van der Waals surface area (Å²) in [6.07, 6.45) is 3.48. The minimum Gasteiger partial charge on any atom is -0.444 e. The van der Waals surface area contributed by atoms with Crippen LogP contribution in [0, 0.1) is 11.8 Å². The fourth-order valence-corrected chi connectivity index (χ4v) is 3.35. The number of hydrogen-bond donors (Lipinski definition) is 0. The van der Waals surface area contributed by atoms with Crippen molar-refractivity contribution in [3.8, 4) is 0 Å². The highest BCUT2D eigenvalue weighted by molar-refractivity contribution is 9.10. The Hall–Kier alpha value is -1.37. The lowest BCUT2D eigenvalue weighted by Crippen LogP contribution is -2.37. The van der Waals surface area contributed by atoms with E-state index < -0.39 is 5.60 Å². The molecule has 2 atom stereocenters. The molecule has 0 aromatic carbocycles. The first kappa shape index (κ1) is 15.5. The molecule has 2 unspecified atom stereocenters. The molecule has 1 aromatic heterocycles. The van der Waals surface area contributed by atoms with Gasteiger partial charge in [-0.15, -0.1) is 0 Å². The zero-order chi connectivity index (χ0) is 15.9. The lowest BCUT2D eigenvalue weighted by atomic mass is 10.0. The number of fused-ring (bicyclic) bond motifs is 1. The number of rotatable bonds is 1. The highest BCUT2D eigenvalue weighted by atomic mass is 79.9. The van der Waals surface area contributed by atoms with Crippen molar-refractivity contribution in [2.45, 2.75) is 26.4 Å². The molecule has 0 saturated carbocycles. The van der Waals surface area contributed by atoms with Gasteiger partial charge in [0.1, 0.15) is 5.60 Å². The van der Waals surface area contributed by atoms with Crippen LogP contribution in [-0.4, -0.2) is 52.7 Å². The molecule has 1 amide bonds. The van der Waals surface area contributed by atoms with E-state index in [0.29, 0.717) is 16.6 Å². The summed E-state index contributed by atoms with van der Waals surface area (Å²) in [5.74, 6) is 0.993. The molecule has 3 rings (SSSR count). The van der Waals surface area contributed by atoms with Gasteiger partial charge in [0, 0.05) is 38.0 Å². The Bertz CT molecular complexity index is 544. The van der Waals surface area contributed by atoms with E-state index in [-0.39, 0.29) is 6.09 Å². The summed E-state index contributed by atoms with van der Waals surface area (Å²) < 4.78 is 6.06. The van der Waals surface area contributed by atoms with Gasteiger partial charge in [0.2, 0.25) is 0 Å². The van der Waals surface area contributed by atoms with Crippen LogP contribution < -0.4 is 4.90 Å². The number of halogens is 1. The van der Waals surface area contributed by atoms with Gasteiger partial charge in [-0.1, -0.05) is 0 Å². The normalized spacial score (nSPS) is 24.5. The van der Waals surface area contributed by atoms with E-state index in [1.807, 2.05) is 38.1 Å². The molecule has 2 saturated heterocycles. The van der Waals surface area contributed by atoms with E-state index in [2.05, 4.69) is 30.8 Å². The van der Waals surface area contributed by atoms with Crippen LogP contribution in [0.5, 0.6) is 0 Å². The van der Waals surface area contributed by atoms with Crippen molar-refractivity contribution in [3.63, 3.8) is 0 Å². The number of carbonyl (C=O) groups is 1. The third-order valence-corrected chi connectivity index (χ3v) is 4.52. The maximum absolute atomic E-state index is 12.1. The molecule has 120 valence electrons. The molecule has 3 heterocycles. The lowest BCUT2D eigenvalue weighted by molar-refractivity contribution is 0.0282. The molecule has 0 spiro atoms. The van der Waals surface area contributed by atoms with Crippen LogP contribution >= 0.6 is 15.9 Å². The number of amides is 1. The van der Waals surface area contributed by atoms with Crippen molar-refractivity contribution in [1.82, 2.24) is 14.9 Å². The van der Waals surface area contributed by atoms with Crippen LogP contribution in [0.15, 0.2) is 17.1 Å². The number of anilines is 1. The van der Waals surface area contributed by atoms with E-state index in [1.165, 1.54) is 0 Å². The number of likely N-dealkylation sites (tertiary alicyclic amines) is 1. The highest BCUT2D eigenvalue weighted by Gasteiger charge is 2.42. The molecule has 22 heavy (non-hydrogen) atoms. The Kier molecular flexibility index (Phi) is 4.01. The number of carbonyl (C=O) groups excluding carboxylic acids is 1. The predicted molar refractivity (Wildman–Crippen MR) is 86.7 cm³/mol. The van der Waals surface area contributed by atoms with Gasteiger partial charge >= 0.3 is 6.09 Å². The monoisotopic (exact) mass is 368 g/mol. The molecule has 2 aliphatic rings. The van der Waals surface area contributed by atoms with Crippen molar-refractivity contribution in [1.29, 1.82) is 0 Å². The van der Waals surface area contributed by atoms with Gasteiger partial charge in [-0.2, -0.15) is 0 Å². The second-order valence-corrected chi connectivity index (χ2v) is 7.73. The van der Waals surface area contributed by atoms with Crippen molar-refractivity contribution in [2.24, 2.45) is 11.8 Å². The van der Waals surface area contributed by atoms with Crippen molar-refractivity contribution >= 4 is 27.7 Å². The highest BCUT2D eigenvalue weighted by Crippen LogP contribution is 2.34. The van der Waals surface area contributed by atoms with Crippen LogP contribution in [0.25, 0.3) is 0 Å². The van der Waals surface area contributed by atoms with Crippen LogP contribution in [-0.2, 0) is 4.74 Å². The van der Waals surface area contributed by atoms with Gasteiger partial charge in [0.15, 0.2) is 4.73 Å². The van der Waals surface area contributed by atoms with E-state index in [4.69, 9.17) is 4.74 Å². The summed E-state index contributed by atoms with van der Waals surface area (Å²) in [5.41, 5.74) is 0.608. The predicted octanol–water partition coefficient (Wildman–Crippen LogP) is 2.54. The number of nitrogens with zero attached hydrogens (tertiary/aromatic N) is 4. The molecule has 0 aliphatic carbocycles. The van der Waals surface area contributed by atoms with Crippen molar-refractivity contribution < 1.29 is 9.53 Å². The van der Waals surface area contributed by atoms with Gasteiger partial charge in [-0.25, -0.2) is 14.8 Å². The topological polar surface area (TPSA) is 58.6 Å². The minimum atomic E-state index is -0.435. The molecule has 0 bridgehead atoms. The van der Waals surface area contributed by atoms with Gasteiger partial charge in [0.25, 0.3) is 0 Å². The average molecular weight is 369 g/mol. The summed E-state index contributed by atoms with van der Waals surface area (Å²) in [7, 11) is 0. The molecule has 7 heteroatoms. The molecule has 0 N–H and O–H groups in total. The molecule has 2 aliphatic heterocycles. The van der Waals surface area contributed by atoms with Gasteiger partial charge in [-0.05, 0) is 36.7 Å². The fraction of sp³-hybridized carbons (Fsp3) is 0.667. The van der Waals surface area contributed by atoms with Crippen LogP contribution in [0.1, 0.15) is 20.8 Å². The van der Waals surface area contributed by atoms with E-state index in [1.54, 1.807) is 0 Å². The lowest BCUT2D eigenvalue weighted by Gasteiger charge is -2.26. The first-order valence-electron chi connectivity index (χ1n) is 7.52. The Morgan fingerprint density at radius 3 is 2.23 bits per heavy atom. The Labute approximate surface area is 139 Å². The van der Waals surface area contributed by atoms with Crippen LogP contribution in [0.4, 0.5) is 10.5 Å². The Balaban J connectivity index is 1.58. The Morgan fingerprint density at radius 2 is 1.73 bits per heavy atom. The van der Waals surface area contributed by atoms with Crippen LogP contribution in [0.2, 0.25) is 0 Å². The van der Waals surface area contributed by atoms with Crippen molar-refractivity contribution in [3.05, 3.63) is 17.1 Å². The zero-order valence-corrected chi connectivity index (χ0v) is 14.7. The molecule has 6 nitrogen and oxygen atoms in total. The standard InChI is InChI=1S/C15H21BrN4O2/c1-15(2,3)22-14(21)20-8-10-6-19(7-11(10)9-20)12-4-17-13(16)18-5-12/h4-5,10-11H,6-9H2,1-3H3. The molecular formula is C15H21BrN4O2. The number of aromatic nitrogens is 2. The SMILES string of the molecule is CC(C)(C)OC(=O)N1CC2CN(c3cnc(Br)nc3)CC2C1. The van der Waals surface area contributed by atoms with Crippen molar-refractivity contribution in [2.75, 3.05) is 31.1 Å². The number of ether oxygens (including phenoxy) is 1. The van der Waals surface area contributed by atoms with Gasteiger partial charge in [-0.3, -0.25) is 0 Å². The summed E-state index contributed by atoms with van der Waals surface area (Å²) in [6, 6.07) is 0. The quantitative estimate of drug-likeness (QED) is 0.712. The fourth-order valence-electron chi connectivity index (χ4n) is 3.15. The van der Waals surface area contributed by atoms with Crippen LogP contribution in [0.3, 0.4) is 0 Å². The summed E-state index contributed by atoms with van der Waals surface area (Å²) in [5, 5.41) is 0. The maximum Gasteiger partial charge on any atom is 0.410 e. The first-order valence-corrected chi connectivity index (χ1v) is 8.31. The largest absolute Gasteiger partial charge is 0.444 e. The van der Waals surface area contributed by atoms with Gasteiger partial charge < -0.3 is 14.5 Å². The van der Waals surface area contributed by atoms with Gasteiger partial charge in [0.05, 0.1) is 18.1 Å². The second-order valence-electron chi connectivity index (χ2n) is 7.02. The van der Waals surface area contributed by atoms with E-state index in [0.717, 1.165) is 31.9 Å². The Morgan fingerprint density at radius 1 is 1.18 bits per heavy atom. The third-order valence-electron chi connectivity index (χ3n) is 4.11. The number of hydrogen-bond acceptors (Lipinski definition) is 5. The third kappa shape index (κ3) is 3.34. The maximum atomic E-state index is 12.1. The molecule has 1 aromatic rings. The van der Waals surface area contributed by atoms with E-state index >= 15 is 0 Å². The first-order chi connectivity index (χ1) is 10.3. The molecule has 2 fully saturated rings.